The van der Waals surface area contributed by atoms with Gasteiger partial charge in [-0.15, -0.1) is 0 Å². The first-order valence-electron chi connectivity index (χ1n) is 9.51. The number of carbonyl (C=O) groups excluding carboxylic acids is 3. The van der Waals surface area contributed by atoms with Crippen LogP contribution in [0.5, 0.6) is 0 Å². The van der Waals surface area contributed by atoms with Gasteiger partial charge in [0.15, 0.2) is 5.65 Å². The lowest BCUT2D eigenvalue weighted by atomic mass is 10.1. The number of H-pyrrole nitrogens is 1. The van der Waals surface area contributed by atoms with E-state index in [1.54, 1.807) is 12.3 Å². The maximum absolute atomic E-state index is 12.4. The summed E-state index contributed by atoms with van der Waals surface area (Å²) in [5.41, 5.74) is 1.41. The van der Waals surface area contributed by atoms with Crippen molar-refractivity contribution < 1.29 is 24.3 Å². The van der Waals surface area contributed by atoms with Gasteiger partial charge >= 0.3 is 12.0 Å². The number of fused-ring (bicyclic) bond motifs is 1. The van der Waals surface area contributed by atoms with Crippen LogP contribution in [0.4, 0.5) is 10.7 Å². The Morgan fingerprint density at radius 2 is 2.17 bits per heavy atom. The zero-order chi connectivity index (χ0) is 21.7. The number of carbonyl (C=O) groups is 4. The molecule has 1 aliphatic rings. The van der Waals surface area contributed by atoms with E-state index in [0.29, 0.717) is 31.0 Å². The Bertz CT molecular complexity index is 926. The number of urea groups is 1. The number of nitrogens with zero attached hydrogens (tertiary/aromatic N) is 3. The molecule has 0 aliphatic carbocycles. The molecule has 1 saturated heterocycles. The topological polar surface area (TPSA) is 169 Å². The summed E-state index contributed by atoms with van der Waals surface area (Å²) in [7, 11) is 0. The normalized spacial score (nSPS) is 17.1. The standard InChI is InChI=1S/C18H23N7O5/c1-10(16(28)29)8-21-13(26)9-25-15(27)12(23-18(25)30)5-3-7-20-17-22-11-4-2-6-19-14(11)24-17/h2,4,6,10,12H,3,5,7-9H2,1H3,(H,21,26)(H,23,30)(H,28,29)(H2,19,20,22,24)/t10-,12-/m0/s1. The average molecular weight is 417 g/mol. The number of aromatic nitrogens is 3. The highest BCUT2D eigenvalue weighted by atomic mass is 16.4. The van der Waals surface area contributed by atoms with E-state index in [-0.39, 0.29) is 6.54 Å². The lowest BCUT2D eigenvalue weighted by Crippen LogP contribution is -2.42. The van der Waals surface area contributed by atoms with Crippen LogP contribution in [0, 0.1) is 5.92 Å². The van der Waals surface area contributed by atoms with Crippen LogP contribution < -0.4 is 16.0 Å². The molecular formula is C18H23N7O5. The monoisotopic (exact) mass is 417 g/mol. The number of carboxylic acids is 1. The summed E-state index contributed by atoms with van der Waals surface area (Å²) in [6.07, 6.45) is 2.63. The number of hydrogen-bond acceptors (Lipinski definition) is 7. The molecule has 30 heavy (non-hydrogen) atoms. The number of hydrogen-bond donors (Lipinski definition) is 5. The van der Waals surface area contributed by atoms with Crippen molar-refractivity contribution in [1.29, 1.82) is 0 Å². The summed E-state index contributed by atoms with van der Waals surface area (Å²) in [4.78, 5) is 59.4. The van der Waals surface area contributed by atoms with Crippen molar-refractivity contribution in [2.75, 3.05) is 25.0 Å². The molecule has 160 valence electrons. The first kappa shape index (κ1) is 21.0. The number of imide groups is 1. The molecule has 2 aromatic heterocycles. The van der Waals surface area contributed by atoms with Crippen molar-refractivity contribution in [2.24, 2.45) is 5.92 Å². The molecule has 4 amide bonds. The van der Waals surface area contributed by atoms with Gasteiger partial charge in [0.05, 0.1) is 11.4 Å². The molecular weight excluding hydrogens is 394 g/mol. The number of carboxylic acid groups (broad SMARTS) is 1. The fourth-order valence-electron chi connectivity index (χ4n) is 2.92. The number of rotatable bonds is 10. The largest absolute Gasteiger partial charge is 0.481 e. The highest BCUT2D eigenvalue weighted by molar-refractivity contribution is 6.06. The van der Waals surface area contributed by atoms with Gasteiger partial charge < -0.3 is 26.0 Å². The third kappa shape index (κ3) is 5.01. The number of nitrogens with one attached hydrogen (secondary N) is 4. The van der Waals surface area contributed by atoms with E-state index in [2.05, 4.69) is 30.9 Å². The van der Waals surface area contributed by atoms with Crippen LogP contribution in [0.1, 0.15) is 19.8 Å². The van der Waals surface area contributed by atoms with Gasteiger partial charge in [-0.2, -0.15) is 4.98 Å². The molecule has 0 unspecified atom stereocenters. The van der Waals surface area contributed by atoms with E-state index < -0.39 is 42.3 Å². The number of imidazole rings is 1. The molecule has 0 saturated carbocycles. The van der Waals surface area contributed by atoms with Gasteiger partial charge in [-0.1, -0.05) is 6.92 Å². The predicted molar refractivity (Wildman–Crippen MR) is 105 cm³/mol. The van der Waals surface area contributed by atoms with E-state index in [1.165, 1.54) is 6.92 Å². The first-order chi connectivity index (χ1) is 14.3. The van der Waals surface area contributed by atoms with Crippen molar-refractivity contribution >= 4 is 40.9 Å². The molecule has 0 spiro atoms. The summed E-state index contributed by atoms with van der Waals surface area (Å²) in [5, 5.41) is 16.9. The summed E-state index contributed by atoms with van der Waals surface area (Å²) < 4.78 is 0. The Balaban J connectivity index is 1.41. The summed E-state index contributed by atoms with van der Waals surface area (Å²) in [6.45, 7) is 1.44. The number of aliphatic carboxylic acids is 1. The SMILES string of the molecule is C[C@@H](CNC(=O)CN1C(=O)N[C@@H](CCCNc2nc3ncccc3[nH]2)C1=O)C(=O)O. The average Bonchev–Trinajstić information content (AvgIpc) is 3.24. The molecule has 1 aliphatic heterocycles. The van der Waals surface area contributed by atoms with Crippen LogP contribution in [-0.2, 0) is 14.4 Å². The smallest absolute Gasteiger partial charge is 0.325 e. The summed E-state index contributed by atoms with van der Waals surface area (Å²) in [6, 6.07) is 2.32. The highest BCUT2D eigenvalue weighted by Gasteiger charge is 2.38. The fourth-order valence-corrected chi connectivity index (χ4v) is 2.92. The number of pyridine rings is 1. The number of anilines is 1. The molecule has 5 N–H and O–H groups in total. The Kier molecular flexibility index (Phi) is 6.45. The van der Waals surface area contributed by atoms with E-state index in [0.717, 1.165) is 10.4 Å². The maximum Gasteiger partial charge on any atom is 0.325 e. The lowest BCUT2D eigenvalue weighted by Gasteiger charge is -2.14. The molecule has 12 nitrogen and oxygen atoms in total. The highest BCUT2D eigenvalue weighted by Crippen LogP contribution is 2.13. The zero-order valence-electron chi connectivity index (χ0n) is 16.3. The van der Waals surface area contributed by atoms with Crippen molar-refractivity contribution in [3.63, 3.8) is 0 Å². The van der Waals surface area contributed by atoms with Crippen LogP contribution in [0.25, 0.3) is 11.2 Å². The molecule has 1 fully saturated rings. The van der Waals surface area contributed by atoms with Gasteiger partial charge in [-0.3, -0.25) is 19.3 Å². The first-order valence-corrected chi connectivity index (χ1v) is 9.51. The van der Waals surface area contributed by atoms with Crippen LogP contribution in [0.3, 0.4) is 0 Å². The van der Waals surface area contributed by atoms with Crippen LogP contribution in [0.2, 0.25) is 0 Å². The second-order valence-electron chi connectivity index (χ2n) is 7.00. The maximum atomic E-state index is 12.4. The molecule has 2 atom stereocenters. The second-order valence-corrected chi connectivity index (χ2v) is 7.00. The Morgan fingerprint density at radius 1 is 1.37 bits per heavy atom. The quantitative estimate of drug-likeness (QED) is 0.264. The Labute approximate surface area is 171 Å². The van der Waals surface area contributed by atoms with E-state index in [9.17, 15) is 19.2 Å². The van der Waals surface area contributed by atoms with Crippen LogP contribution >= 0.6 is 0 Å². The Hall–Kier alpha value is -3.70. The minimum absolute atomic E-state index is 0.0791. The van der Waals surface area contributed by atoms with E-state index in [4.69, 9.17) is 5.11 Å². The van der Waals surface area contributed by atoms with Gasteiger partial charge in [0.1, 0.15) is 12.6 Å². The molecule has 0 aromatic carbocycles. The fraction of sp³-hybridized carbons (Fsp3) is 0.444. The summed E-state index contributed by atoms with van der Waals surface area (Å²) in [5.74, 6) is -2.31. The number of amides is 4. The van der Waals surface area contributed by atoms with Crippen molar-refractivity contribution in [2.45, 2.75) is 25.8 Å². The minimum Gasteiger partial charge on any atom is -0.481 e. The van der Waals surface area contributed by atoms with Crippen molar-refractivity contribution in [3.8, 4) is 0 Å². The number of aromatic amines is 1. The van der Waals surface area contributed by atoms with Crippen molar-refractivity contribution in [1.82, 2.24) is 30.5 Å². The van der Waals surface area contributed by atoms with Gasteiger partial charge in [0.25, 0.3) is 5.91 Å². The van der Waals surface area contributed by atoms with Gasteiger partial charge in [0.2, 0.25) is 11.9 Å². The molecule has 0 radical (unpaired) electrons. The van der Waals surface area contributed by atoms with Crippen LogP contribution in [0.15, 0.2) is 18.3 Å². The second kappa shape index (κ2) is 9.20. The van der Waals surface area contributed by atoms with Gasteiger partial charge in [0, 0.05) is 19.3 Å². The van der Waals surface area contributed by atoms with E-state index in [1.807, 2.05) is 6.07 Å². The zero-order valence-corrected chi connectivity index (χ0v) is 16.3. The molecule has 3 heterocycles. The molecule has 2 aromatic rings. The van der Waals surface area contributed by atoms with Gasteiger partial charge in [-0.05, 0) is 25.0 Å². The Morgan fingerprint density at radius 3 is 2.90 bits per heavy atom. The lowest BCUT2D eigenvalue weighted by molar-refractivity contribution is -0.141. The minimum atomic E-state index is -1.04. The van der Waals surface area contributed by atoms with E-state index >= 15 is 0 Å². The summed E-state index contributed by atoms with van der Waals surface area (Å²) >= 11 is 0. The third-order valence-corrected chi connectivity index (χ3v) is 4.66. The third-order valence-electron chi connectivity index (χ3n) is 4.66. The molecule has 3 rings (SSSR count). The van der Waals surface area contributed by atoms with Crippen LogP contribution in [-0.4, -0.2) is 74.4 Å². The predicted octanol–water partition coefficient (Wildman–Crippen LogP) is -0.0927. The molecule has 0 bridgehead atoms. The van der Waals surface area contributed by atoms with Gasteiger partial charge in [-0.25, -0.2) is 9.78 Å². The van der Waals surface area contributed by atoms with Crippen molar-refractivity contribution in [3.05, 3.63) is 18.3 Å². The molecule has 12 heteroatoms.